The standard InChI is InChI=1S/C18H23N5O2/c1-21-12-13(17(24)23(3)18(21)25)11-19-10-6-9-16-20-14-7-4-5-8-15(14)22(16)2/h4-5,7-8,12,19H,6,9-11H2,1-3H3. The van der Waals surface area contributed by atoms with Crippen LogP contribution in [0.2, 0.25) is 0 Å². The van der Waals surface area contributed by atoms with E-state index in [1.54, 1.807) is 13.2 Å². The molecule has 0 atom stereocenters. The predicted octanol–water partition coefficient (Wildman–Crippen LogP) is 0.693. The molecule has 0 amide bonds. The van der Waals surface area contributed by atoms with Crippen LogP contribution in [0.4, 0.5) is 0 Å². The van der Waals surface area contributed by atoms with Crippen molar-refractivity contribution in [2.75, 3.05) is 6.54 Å². The monoisotopic (exact) mass is 341 g/mol. The van der Waals surface area contributed by atoms with Crippen molar-refractivity contribution >= 4 is 11.0 Å². The molecule has 0 saturated heterocycles. The zero-order valence-corrected chi connectivity index (χ0v) is 14.8. The van der Waals surface area contributed by atoms with E-state index in [4.69, 9.17) is 0 Å². The number of rotatable bonds is 6. The van der Waals surface area contributed by atoms with Crippen LogP contribution in [-0.4, -0.2) is 25.2 Å². The van der Waals surface area contributed by atoms with Crippen molar-refractivity contribution in [1.29, 1.82) is 0 Å². The molecular weight excluding hydrogens is 318 g/mol. The van der Waals surface area contributed by atoms with Crippen molar-refractivity contribution in [2.45, 2.75) is 19.4 Å². The minimum atomic E-state index is -0.310. The van der Waals surface area contributed by atoms with E-state index in [2.05, 4.69) is 20.9 Å². The molecule has 3 aromatic rings. The molecule has 0 unspecified atom stereocenters. The molecule has 1 N–H and O–H groups in total. The van der Waals surface area contributed by atoms with Gasteiger partial charge in [-0.3, -0.25) is 9.36 Å². The summed E-state index contributed by atoms with van der Waals surface area (Å²) in [5.74, 6) is 1.06. The van der Waals surface area contributed by atoms with Gasteiger partial charge in [0.05, 0.1) is 11.0 Å². The Balaban J connectivity index is 1.56. The first-order valence-corrected chi connectivity index (χ1v) is 8.35. The van der Waals surface area contributed by atoms with Crippen LogP contribution < -0.4 is 16.6 Å². The van der Waals surface area contributed by atoms with E-state index < -0.39 is 0 Å². The molecule has 25 heavy (non-hydrogen) atoms. The lowest BCUT2D eigenvalue weighted by atomic mass is 10.2. The Morgan fingerprint density at radius 3 is 2.60 bits per heavy atom. The van der Waals surface area contributed by atoms with Gasteiger partial charge in [0.15, 0.2) is 0 Å². The fraction of sp³-hybridized carbons (Fsp3) is 0.389. The molecule has 7 nitrogen and oxygen atoms in total. The number of nitrogens with zero attached hydrogens (tertiary/aromatic N) is 4. The summed E-state index contributed by atoms with van der Waals surface area (Å²) in [5, 5.41) is 3.27. The molecule has 0 bridgehead atoms. The number of aromatic nitrogens is 4. The summed E-state index contributed by atoms with van der Waals surface area (Å²) in [6.45, 7) is 1.22. The summed E-state index contributed by atoms with van der Waals surface area (Å²) < 4.78 is 4.69. The zero-order valence-electron chi connectivity index (χ0n) is 14.8. The van der Waals surface area contributed by atoms with Gasteiger partial charge < -0.3 is 14.5 Å². The quantitative estimate of drug-likeness (QED) is 0.670. The zero-order chi connectivity index (χ0) is 18.0. The molecule has 0 saturated carbocycles. The van der Waals surface area contributed by atoms with Crippen LogP contribution in [0.3, 0.4) is 0 Å². The number of imidazole rings is 1. The Morgan fingerprint density at radius 1 is 1.08 bits per heavy atom. The lowest BCUT2D eigenvalue weighted by molar-refractivity contribution is 0.606. The summed E-state index contributed by atoms with van der Waals surface area (Å²) in [5.41, 5.74) is 2.19. The molecule has 0 aliphatic rings. The lowest BCUT2D eigenvalue weighted by Gasteiger charge is -2.08. The van der Waals surface area contributed by atoms with E-state index in [-0.39, 0.29) is 11.2 Å². The minimum absolute atomic E-state index is 0.244. The molecule has 7 heteroatoms. The second-order valence-corrected chi connectivity index (χ2v) is 6.27. The Bertz CT molecular complexity index is 1010. The van der Waals surface area contributed by atoms with Gasteiger partial charge in [-0.25, -0.2) is 9.78 Å². The second-order valence-electron chi connectivity index (χ2n) is 6.27. The van der Waals surface area contributed by atoms with Crippen molar-refractivity contribution in [3.63, 3.8) is 0 Å². The first kappa shape index (κ1) is 17.2. The van der Waals surface area contributed by atoms with E-state index >= 15 is 0 Å². The summed E-state index contributed by atoms with van der Waals surface area (Å²) in [6, 6.07) is 8.10. The van der Waals surface area contributed by atoms with Crippen LogP contribution in [0.1, 0.15) is 17.8 Å². The van der Waals surface area contributed by atoms with Crippen LogP contribution in [0.15, 0.2) is 40.1 Å². The Hall–Kier alpha value is -2.67. The van der Waals surface area contributed by atoms with Crippen molar-refractivity contribution < 1.29 is 0 Å². The molecule has 0 fully saturated rings. The molecule has 0 radical (unpaired) electrons. The molecule has 0 spiro atoms. The van der Waals surface area contributed by atoms with Gasteiger partial charge in [0.1, 0.15) is 5.82 Å². The molecule has 2 aromatic heterocycles. The smallest absolute Gasteiger partial charge is 0.330 e. The van der Waals surface area contributed by atoms with Gasteiger partial charge in [0, 0.05) is 45.9 Å². The van der Waals surface area contributed by atoms with Gasteiger partial charge in [-0.1, -0.05) is 12.1 Å². The summed E-state index contributed by atoms with van der Waals surface area (Å²) in [4.78, 5) is 28.4. The maximum Gasteiger partial charge on any atom is 0.330 e. The number of aryl methyl sites for hydroxylation is 3. The molecule has 3 rings (SSSR count). The molecule has 1 aromatic carbocycles. The van der Waals surface area contributed by atoms with E-state index in [1.807, 2.05) is 25.2 Å². The van der Waals surface area contributed by atoms with Crippen molar-refractivity contribution in [3.05, 3.63) is 62.7 Å². The van der Waals surface area contributed by atoms with Crippen LogP contribution in [0, 0.1) is 0 Å². The third-order valence-corrected chi connectivity index (χ3v) is 4.47. The highest BCUT2D eigenvalue weighted by atomic mass is 16.2. The fourth-order valence-corrected chi connectivity index (χ4v) is 3.02. The third kappa shape index (κ3) is 3.41. The molecule has 0 aliphatic heterocycles. The number of benzene rings is 1. The maximum absolute atomic E-state index is 12.1. The van der Waals surface area contributed by atoms with Crippen molar-refractivity contribution in [2.24, 2.45) is 21.1 Å². The molecular formula is C18H23N5O2. The van der Waals surface area contributed by atoms with Crippen LogP contribution >= 0.6 is 0 Å². The molecule has 132 valence electrons. The highest BCUT2D eigenvalue weighted by Gasteiger charge is 2.08. The Labute approximate surface area is 145 Å². The van der Waals surface area contributed by atoms with Crippen LogP contribution in [0.5, 0.6) is 0 Å². The van der Waals surface area contributed by atoms with Crippen LogP contribution in [0.25, 0.3) is 11.0 Å². The topological polar surface area (TPSA) is 73.8 Å². The van der Waals surface area contributed by atoms with E-state index in [0.717, 1.165) is 40.8 Å². The summed E-state index contributed by atoms with van der Waals surface area (Å²) in [7, 11) is 5.18. The van der Waals surface area contributed by atoms with E-state index in [9.17, 15) is 9.59 Å². The highest BCUT2D eigenvalue weighted by Crippen LogP contribution is 2.14. The number of hydrogen-bond acceptors (Lipinski definition) is 4. The Kier molecular flexibility index (Phi) is 4.85. The van der Waals surface area contributed by atoms with Gasteiger partial charge >= 0.3 is 5.69 Å². The van der Waals surface area contributed by atoms with Gasteiger partial charge in [0.25, 0.3) is 5.56 Å². The van der Waals surface area contributed by atoms with Crippen molar-refractivity contribution in [3.8, 4) is 0 Å². The van der Waals surface area contributed by atoms with E-state index in [0.29, 0.717) is 12.1 Å². The SMILES string of the molecule is Cn1cc(CNCCCc2nc3ccccc3n2C)c(=O)n(C)c1=O. The first-order valence-electron chi connectivity index (χ1n) is 8.35. The fourth-order valence-electron chi connectivity index (χ4n) is 3.02. The largest absolute Gasteiger partial charge is 0.331 e. The normalized spacial score (nSPS) is 11.3. The van der Waals surface area contributed by atoms with Gasteiger partial charge in [0.2, 0.25) is 0 Å². The lowest BCUT2D eigenvalue weighted by Crippen LogP contribution is -2.39. The Morgan fingerprint density at radius 2 is 1.84 bits per heavy atom. The van der Waals surface area contributed by atoms with E-state index in [1.165, 1.54) is 11.6 Å². The van der Waals surface area contributed by atoms with Crippen LogP contribution in [-0.2, 0) is 34.1 Å². The minimum Gasteiger partial charge on any atom is -0.331 e. The number of hydrogen-bond donors (Lipinski definition) is 1. The van der Waals surface area contributed by atoms with Gasteiger partial charge in [-0.2, -0.15) is 0 Å². The molecule has 2 heterocycles. The highest BCUT2D eigenvalue weighted by molar-refractivity contribution is 5.75. The average Bonchev–Trinajstić information content (AvgIpc) is 2.93. The number of fused-ring (bicyclic) bond motifs is 1. The number of para-hydroxylation sites is 2. The molecule has 0 aliphatic carbocycles. The first-order chi connectivity index (χ1) is 12.0. The van der Waals surface area contributed by atoms with Gasteiger partial charge in [-0.15, -0.1) is 0 Å². The van der Waals surface area contributed by atoms with Gasteiger partial charge in [-0.05, 0) is 25.1 Å². The summed E-state index contributed by atoms with van der Waals surface area (Å²) in [6.07, 6.45) is 3.38. The predicted molar refractivity (Wildman–Crippen MR) is 97.7 cm³/mol. The third-order valence-electron chi connectivity index (χ3n) is 4.47. The second kappa shape index (κ2) is 7.06. The van der Waals surface area contributed by atoms with Crippen molar-refractivity contribution in [1.82, 2.24) is 24.0 Å². The average molecular weight is 341 g/mol. The maximum atomic E-state index is 12.1. The summed E-state index contributed by atoms with van der Waals surface area (Å²) >= 11 is 0. The number of nitrogens with one attached hydrogen (secondary N) is 1.